The highest BCUT2D eigenvalue weighted by Gasteiger charge is 2.24. The molecule has 0 bridgehead atoms. The number of fused-ring (bicyclic) bond motifs is 1. The summed E-state index contributed by atoms with van der Waals surface area (Å²) >= 11 is 0. The molecule has 0 spiro atoms. The summed E-state index contributed by atoms with van der Waals surface area (Å²) < 4.78 is 5.18. The van der Waals surface area contributed by atoms with Crippen molar-refractivity contribution >= 4 is 11.0 Å². The lowest BCUT2D eigenvalue weighted by Crippen LogP contribution is -2.09. The molecule has 1 N–H and O–H groups in total. The molecule has 2 aromatic rings. The van der Waals surface area contributed by atoms with Gasteiger partial charge in [0.2, 0.25) is 0 Å². The number of benzene rings is 1. The van der Waals surface area contributed by atoms with Crippen molar-refractivity contribution in [2.45, 2.75) is 25.2 Å². The quantitative estimate of drug-likeness (QED) is 0.750. The van der Waals surface area contributed by atoms with Crippen molar-refractivity contribution < 1.29 is 9.63 Å². The molecular weight excluding hydrogens is 178 g/mol. The summed E-state index contributed by atoms with van der Waals surface area (Å²) in [5, 5.41) is 14.4. The van der Waals surface area contributed by atoms with E-state index in [1.807, 2.05) is 6.07 Å². The molecule has 0 unspecified atom stereocenters. The van der Waals surface area contributed by atoms with E-state index in [2.05, 4.69) is 5.16 Å². The van der Waals surface area contributed by atoms with Gasteiger partial charge in [0.15, 0.2) is 5.58 Å². The van der Waals surface area contributed by atoms with Gasteiger partial charge in [-0.25, -0.2) is 0 Å². The van der Waals surface area contributed by atoms with Crippen LogP contribution in [0.25, 0.3) is 11.0 Å². The summed E-state index contributed by atoms with van der Waals surface area (Å²) in [5.41, 5.74) is 1.75. The zero-order valence-electron chi connectivity index (χ0n) is 7.73. The van der Waals surface area contributed by atoms with Gasteiger partial charge >= 0.3 is 0 Å². The number of phenolic OH excluding ortho intramolecular Hbond substituents is 1. The van der Waals surface area contributed by atoms with E-state index in [-0.39, 0.29) is 5.75 Å². The Hall–Kier alpha value is -1.51. The Morgan fingerprint density at radius 1 is 1.36 bits per heavy atom. The maximum Gasteiger partial charge on any atom is 0.170 e. The number of nitrogens with zero attached hydrogens (tertiary/aromatic N) is 1. The van der Waals surface area contributed by atoms with E-state index in [0.29, 0.717) is 11.5 Å². The van der Waals surface area contributed by atoms with Crippen LogP contribution < -0.4 is 0 Å². The predicted molar refractivity (Wildman–Crippen MR) is 52.3 cm³/mol. The van der Waals surface area contributed by atoms with Gasteiger partial charge in [-0.2, -0.15) is 0 Å². The summed E-state index contributed by atoms with van der Waals surface area (Å²) in [5.74, 6) is 0.801. The second-order valence-corrected chi connectivity index (χ2v) is 3.88. The molecule has 0 atom stereocenters. The number of hydrogen-bond acceptors (Lipinski definition) is 3. The van der Waals surface area contributed by atoms with Gasteiger partial charge in [-0.3, -0.25) is 0 Å². The average molecular weight is 189 g/mol. The zero-order valence-corrected chi connectivity index (χ0v) is 7.73. The fourth-order valence-electron chi connectivity index (χ4n) is 1.92. The smallest absolute Gasteiger partial charge is 0.170 e. The highest BCUT2D eigenvalue weighted by molar-refractivity contribution is 5.81. The molecule has 1 aliphatic rings. The molecule has 3 heteroatoms. The van der Waals surface area contributed by atoms with Crippen molar-refractivity contribution in [2.24, 2.45) is 0 Å². The molecule has 0 amide bonds. The summed E-state index contributed by atoms with van der Waals surface area (Å²) in [6.07, 6.45) is 3.71. The maximum atomic E-state index is 9.26. The van der Waals surface area contributed by atoms with Crippen LogP contribution in [0, 0.1) is 0 Å². The minimum absolute atomic E-state index is 0.230. The molecular formula is C11H11NO2. The van der Waals surface area contributed by atoms with E-state index in [1.54, 1.807) is 12.1 Å². The van der Waals surface area contributed by atoms with Crippen LogP contribution in [0.1, 0.15) is 30.9 Å². The van der Waals surface area contributed by atoms with Crippen LogP contribution >= 0.6 is 0 Å². The first kappa shape index (κ1) is 7.85. The van der Waals surface area contributed by atoms with Crippen LogP contribution in [0.15, 0.2) is 22.7 Å². The van der Waals surface area contributed by atoms with Gasteiger partial charge in [0.05, 0.1) is 5.69 Å². The summed E-state index contributed by atoms with van der Waals surface area (Å²) in [6, 6.07) is 5.18. The van der Waals surface area contributed by atoms with E-state index >= 15 is 0 Å². The Kier molecular flexibility index (Phi) is 1.54. The summed E-state index contributed by atoms with van der Waals surface area (Å²) in [7, 11) is 0. The first-order valence-corrected chi connectivity index (χ1v) is 4.93. The Labute approximate surface area is 81.3 Å². The van der Waals surface area contributed by atoms with Crippen LogP contribution in [0.4, 0.5) is 0 Å². The van der Waals surface area contributed by atoms with Crippen LogP contribution in [0.5, 0.6) is 5.75 Å². The van der Waals surface area contributed by atoms with Crippen molar-refractivity contribution in [1.29, 1.82) is 0 Å². The summed E-state index contributed by atoms with van der Waals surface area (Å²) in [4.78, 5) is 0. The van der Waals surface area contributed by atoms with Crippen molar-refractivity contribution in [1.82, 2.24) is 5.16 Å². The minimum atomic E-state index is 0.230. The lowest BCUT2D eigenvalue weighted by Gasteiger charge is -2.22. The number of hydrogen-bond donors (Lipinski definition) is 1. The van der Waals surface area contributed by atoms with Crippen molar-refractivity contribution in [3.8, 4) is 5.75 Å². The molecule has 1 fully saturated rings. The SMILES string of the molecule is Oc1ccc2c(C3CCC3)noc2c1. The fraction of sp³-hybridized carbons (Fsp3) is 0.364. The molecule has 1 aliphatic carbocycles. The molecule has 3 nitrogen and oxygen atoms in total. The number of aromatic nitrogens is 1. The second-order valence-electron chi connectivity index (χ2n) is 3.88. The van der Waals surface area contributed by atoms with Gasteiger partial charge in [0.25, 0.3) is 0 Å². The third-order valence-electron chi connectivity index (χ3n) is 2.98. The van der Waals surface area contributed by atoms with Gasteiger partial charge in [-0.05, 0) is 25.0 Å². The molecule has 1 aromatic heterocycles. The highest BCUT2D eigenvalue weighted by Crippen LogP contribution is 2.39. The maximum absolute atomic E-state index is 9.26. The molecule has 14 heavy (non-hydrogen) atoms. The molecule has 3 rings (SSSR count). The number of rotatable bonds is 1. The van der Waals surface area contributed by atoms with E-state index in [0.717, 1.165) is 11.1 Å². The second kappa shape index (κ2) is 2.74. The predicted octanol–water partition coefficient (Wildman–Crippen LogP) is 2.80. The van der Waals surface area contributed by atoms with Crippen LogP contribution in [0.3, 0.4) is 0 Å². The first-order valence-electron chi connectivity index (χ1n) is 4.93. The van der Waals surface area contributed by atoms with Crippen molar-refractivity contribution in [3.63, 3.8) is 0 Å². The monoisotopic (exact) mass is 189 g/mol. The van der Waals surface area contributed by atoms with Crippen LogP contribution in [-0.4, -0.2) is 10.3 Å². The molecule has 0 saturated heterocycles. The average Bonchev–Trinajstić information content (AvgIpc) is 2.45. The topological polar surface area (TPSA) is 46.3 Å². The Morgan fingerprint density at radius 2 is 2.21 bits per heavy atom. The number of phenols is 1. The Morgan fingerprint density at radius 3 is 2.93 bits per heavy atom. The van der Waals surface area contributed by atoms with Gasteiger partial charge in [-0.1, -0.05) is 11.6 Å². The molecule has 1 aromatic carbocycles. The summed E-state index contributed by atoms with van der Waals surface area (Å²) in [6.45, 7) is 0. The fourth-order valence-corrected chi connectivity index (χ4v) is 1.92. The lowest BCUT2D eigenvalue weighted by molar-refractivity contribution is 0.375. The minimum Gasteiger partial charge on any atom is -0.508 e. The standard InChI is InChI=1S/C11H11NO2/c13-8-4-5-9-10(6-8)14-12-11(9)7-2-1-3-7/h4-7,13H,1-3H2. The van der Waals surface area contributed by atoms with Gasteiger partial charge in [-0.15, -0.1) is 0 Å². The molecule has 0 aliphatic heterocycles. The van der Waals surface area contributed by atoms with Gasteiger partial charge in [0.1, 0.15) is 5.75 Å². The van der Waals surface area contributed by atoms with E-state index in [4.69, 9.17) is 4.52 Å². The zero-order chi connectivity index (χ0) is 9.54. The van der Waals surface area contributed by atoms with E-state index in [9.17, 15) is 5.11 Å². The molecule has 72 valence electrons. The molecule has 0 radical (unpaired) electrons. The van der Waals surface area contributed by atoms with Crippen LogP contribution in [0.2, 0.25) is 0 Å². The van der Waals surface area contributed by atoms with Gasteiger partial charge < -0.3 is 9.63 Å². The van der Waals surface area contributed by atoms with Crippen LogP contribution in [-0.2, 0) is 0 Å². The van der Waals surface area contributed by atoms with E-state index < -0.39 is 0 Å². The molecule has 1 saturated carbocycles. The normalized spacial score (nSPS) is 17.1. The van der Waals surface area contributed by atoms with E-state index in [1.165, 1.54) is 19.3 Å². The Balaban J connectivity index is 2.16. The Bertz CT molecular complexity index is 471. The largest absolute Gasteiger partial charge is 0.508 e. The third-order valence-corrected chi connectivity index (χ3v) is 2.98. The van der Waals surface area contributed by atoms with Crippen molar-refractivity contribution in [3.05, 3.63) is 23.9 Å². The number of aromatic hydroxyl groups is 1. The third kappa shape index (κ3) is 1.02. The lowest BCUT2D eigenvalue weighted by atomic mass is 9.82. The molecule has 1 heterocycles. The highest BCUT2D eigenvalue weighted by atomic mass is 16.5. The van der Waals surface area contributed by atoms with Gasteiger partial charge in [0, 0.05) is 17.4 Å². The first-order chi connectivity index (χ1) is 6.84. The van der Waals surface area contributed by atoms with Crippen molar-refractivity contribution in [2.75, 3.05) is 0 Å².